The highest BCUT2D eigenvalue weighted by Gasteiger charge is 2.34. The minimum Gasteiger partial charge on any atom is -0.378 e. The summed E-state index contributed by atoms with van der Waals surface area (Å²) in [6, 6.07) is 14.7. The van der Waals surface area contributed by atoms with Crippen LogP contribution in [0.3, 0.4) is 0 Å². The number of para-hydroxylation sites is 2. The second-order valence-electron chi connectivity index (χ2n) is 8.80. The van der Waals surface area contributed by atoms with Crippen molar-refractivity contribution in [1.82, 2.24) is 14.5 Å². The molecule has 0 bridgehead atoms. The summed E-state index contributed by atoms with van der Waals surface area (Å²) in [5.74, 6) is 1.01. The number of nitro groups is 1. The van der Waals surface area contributed by atoms with Gasteiger partial charge in [0.25, 0.3) is 5.69 Å². The Morgan fingerprint density at radius 2 is 1.97 bits per heavy atom. The average molecular weight is 472 g/mol. The van der Waals surface area contributed by atoms with E-state index in [2.05, 4.69) is 20.9 Å². The number of nitrogens with one attached hydrogen (secondary N) is 1. The Balaban J connectivity index is 1.50. The number of anilines is 1. The Morgan fingerprint density at radius 1 is 1.14 bits per heavy atom. The highest BCUT2D eigenvalue weighted by Crippen LogP contribution is 2.44. The molecule has 1 atom stereocenters. The van der Waals surface area contributed by atoms with Crippen LogP contribution in [0, 0.1) is 10.1 Å². The van der Waals surface area contributed by atoms with Gasteiger partial charge in [0.1, 0.15) is 0 Å². The van der Waals surface area contributed by atoms with E-state index in [1.807, 2.05) is 30.3 Å². The Morgan fingerprint density at radius 3 is 2.80 bits per heavy atom. The van der Waals surface area contributed by atoms with Crippen LogP contribution in [0.5, 0.6) is 0 Å². The van der Waals surface area contributed by atoms with Crippen molar-refractivity contribution in [3.63, 3.8) is 0 Å². The van der Waals surface area contributed by atoms with E-state index < -0.39 is 0 Å². The molecule has 178 valence electrons. The molecule has 35 heavy (non-hydrogen) atoms. The van der Waals surface area contributed by atoms with Crippen LogP contribution in [-0.4, -0.2) is 51.6 Å². The predicted octanol–water partition coefficient (Wildman–Crippen LogP) is 3.65. The van der Waals surface area contributed by atoms with E-state index in [1.165, 1.54) is 6.07 Å². The molecule has 10 heteroatoms. The van der Waals surface area contributed by atoms with Gasteiger partial charge in [0.05, 0.1) is 29.2 Å². The van der Waals surface area contributed by atoms with Gasteiger partial charge in [-0.1, -0.05) is 24.3 Å². The molecule has 3 aliphatic rings. The van der Waals surface area contributed by atoms with E-state index in [0.717, 1.165) is 59.4 Å². The van der Waals surface area contributed by atoms with Crippen molar-refractivity contribution < 1.29 is 9.66 Å². The first-order chi connectivity index (χ1) is 17.1. The molecular weight excluding hydrogens is 446 g/mol. The van der Waals surface area contributed by atoms with Gasteiger partial charge >= 0.3 is 0 Å². The van der Waals surface area contributed by atoms with Gasteiger partial charge in [-0.25, -0.2) is 9.98 Å². The van der Waals surface area contributed by atoms with Gasteiger partial charge in [-0.05, 0) is 47.8 Å². The molecule has 1 fully saturated rings. The van der Waals surface area contributed by atoms with Crippen molar-refractivity contribution in [3.8, 4) is 0 Å². The van der Waals surface area contributed by atoms with E-state index in [1.54, 1.807) is 12.1 Å². The second-order valence-corrected chi connectivity index (χ2v) is 8.80. The Bertz CT molecular complexity index is 1420. The number of ether oxygens (including phenoxy) is 1. The zero-order chi connectivity index (χ0) is 23.9. The molecule has 0 spiro atoms. The van der Waals surface area contributed by atoms with Crippen LogP contribution < -0.4 is 11.1 Å². The van der Waals surface area contributed by atoms with E-state index in [4.69, 9.17) is 20.4 Å². The van der Waals surface area contributed by atoms with Gasteiger partial charge < -0.3 is 15.4 Å². The third-order valence-corrected chi connectivity index (χ3v) is 6.67. The summed E-state index contributed by atoms with van der Waals surface area (Å²) in [5, 5.41) is 14.4. The molecule has 3 aromatic rings. The quantitative estimate of drug-likeness (QED) is 0.440. The Labute approximate surface area is 201 Å². The number of hydrogen-bond acceptors (Lipinski definition) is 8. The topological polar surface area (TPSA) is 124 Å². The molecule has 0 radical (unpaired) electrons. The fourth-order valence-electron chi connectivity index (χ4n) is 5.18. The third kappa shape index (κ3) is 3.81. The maximum atomic E-state index is 11.3. The van der Waals surface area contributed by atoms with Crippen molar-refractivity contribution in [2.45, 2.75) is 19.0 Å². The monoisotopic (exact) mass is 471 g/mol. The van der Waals surface area contributed by atoms with Crippen molar-refractivity contribution in [2.24, 2.45) is 10.7 Å². The number of benzene rings is 2. The molecular formula is C25H25N7O3. The number of aliphatic imine (C=N–C) groups is 1. The number of imidazole rings is 1. The zero-order valence-electron chi connectivity index (χ0n) is 19.1. The van der Waals surface area contributed by atoms with Crippen molar-refractivity contribution >= 4 is 34.7 Å². The molecule has 10 nitrogen and oxygen atoms in total. The number of nitrogens with zero attached hydrogens (tertiary/aromatic N) is 5. The molecule has 0 saturated carbocycles. The Hall–Kier alpha value is -4.18. The summed E-state index contributed by atoms with van der Waals surface area (Å²) < 4.78 is 7.73. The van der Waals surface area contributed by atoms with E-state index in [-0.39, 0.29) is 16.8 Å². The number of non-ortho nitro benzene ring substituents is 1. The lowest BCUT2D eigenvalue weighted by Gasteiger charge is -2.33. The van der Waals surface area contributed by atoms with Gasteiger partial charge in [0.2, 0.25) is 5.95 Å². The normalized spacial score (nSPS) is 21.3. The fraction of sp³-hybridized carbons (Fsp3) is 0.280. The van der Waals surface area contributed by atoms with Crippen LogP contribution in [0.25, 0.3) is 17.1 Å². The minimum atomic E-state index is -0.362. The number of nitrogens with two attached hydrogens (primary N) is 1. The zero-order valence-corrected chi connectivity index (χ0v) is 19.1. The summed E-state index contributed by atoms with van der Waals surface area (Å²) in [7, 11) is 0. The molecule has 1 saturated heterocycles. The van der Waals surface area contributed by atoms with Crippen molar-refractivity contribution in [2.75, 3.05) is 31.6 Å². The van der Waals surface area contributed by atoms with Gasteiger partial charge in [-0.2, -0.15) is 0 Å². The first-order valence-corrected chi connectivity index (χ1v) is 11.7. The van der Waals surface area contributed by atoms with Gasteiger partial charge in [0.15, 0.2) is 12.1 Å². The van der Waals surface area contributed by atoms with Crippen LogP contribution in [0.2, 0.25) is 0 Å². The lowest BCUT2D eigenvalue weighted by atomic mass is 10.1. The Kier molecular flexibility index (Phi) is 5.22. The SMILES string of the molecule is NC1=NC(C2=C(N3CCOCC3)/C(=C/c3cccc([N+](=O)[O-])c3)CC2)n2c(nc3ccccc32)N1. The highest BCUT2D eigenvalue weighted by molar-refractivity contribution is 5.94. The van der Waals surface area contributed by atoms with Crippen LogP contribution in [-0.2, 0) is 4.74 Å². The molecule has 1 unspecified atom stereocenters. The number of hydrogen-bond donors (Lipinski definition) is 2. The number of rotatable bonds is 4. The number of guanidine groups is 1. The summed E-state index contributed by atoms with van der Waals surface area (Å²) in [4.78, 5) is 22.8. The summed E-state index contributed by atoms with van der Waals surface area (Å²) in [6.45, 7) is 2.84. The van der Waals surface area contributed by atoms with Crippen molar-refractivity contribution in [3.05, 3.63) is 81.1 Å². The molecule has 6 rings (SSSR count). The molecule has 3 heterocycles. The lowest BCUT2D eigenvalue weighted by Crippen LogP contribution is -2.37. The maximum Gasteiger partial charge on any atom is 0.270 e. The molecule has 0 amide bonds. The van der Waals surface area contributed by atoms with Gasteiger partial charge in [-0.15, -0.1) is 0 Å². The number of morpholine rings is 1. The molecule has 1 aliphatic carbocycles. The van der Waals surface area contributed by atoms with Crippen LogP contribution in [0.4, 0.5) is 11.6 Å². The first kappa shape index (κ1) is 21.4. The van der Waals surface area contributed by atoms with Gasteiger partial charge in [-0.3, -0.25) is 20.0 Å². The largest absolute Gasteiger partial charge is 0.378 e. The smallest absolute Gasteiger partial charge is 0.270 e. The molecule has 3 N–H and O–H groups in total. The summed E-state index contributed by atoms with van der Waals surface area (Å²) in [5.41, 5.74) is 12.4. The second kappa shape index (κ2) is 8.55. The van der Waals surface area contributed by atoms with Crippen LogP contribution in [0.1, 0.15) is 24.6 Å². The highest BCUT2D eigenvalue weighted by atomic mass is 16.6. The molecule has 1 aromatic heterocycles. The standard InChI is InChI=1S/C25H25N7O3/c26-24-28-23(31-21-7-2-1-6-20(21)27-25(31)29-24)19-9-8-17(22(19)30-10-12-35-13-11-30)14-16-4-3-5-18(15-16)32(33)34/h1-7,14-15,23H,8-13H2,(H3,26,27,28,29)/b17-14+. The average Bonchev–Trinajstić information content (AvgIpc) is 3.45. The number of allylic oxidation sites excluding steroid dienone is 1. The summed E-state index contributed by atoms with van der Waals surface area (Å²) >= 11 is 0. The third-order valence-electron chi connectivity index (χ3n) is 6.67. The van der Waals surface area contributed by atoms with E-state index in [9.17, 15) is 10.1 Å². The molecule has 2 aromatic carbocycles. The fourth-order valence-corrected chi connectivity index (χ4v) is 5.18. The van der Waals surface area contributed by atoms with Gasteiger partial charge in [0, 0.05) is 30.9 Å². The van der Waals surface area contributed by atoms with Crippen LogP contribution in [0.15, 0.2) is 70.4 Å². The molecule has 2 aliphatic heterocycles. The number of fused-ring (bicyclic) bond motifs is 3. The van der Waals surface area contributed by atoms with E-state index in [0.29, 0.717) is 25.1 Å². The van der Waals surface area contributed by atoms with Crippen LogP contribution >= 0.6 is 0 Å². The predicted molar refractivity (Wildman–Crippen MR) is 134 cm³/mol. The number of nitro benzene ring substituents is 1. The van der Waals surface area contributed by atoms with Crippen molar-refractivity contribution in [1.29, 1.82) is 0 Å². The maximum absolute atomic E-state index is 11.3. The number of aromatic nitrogens is 2. The first-order valence-electron chi connectivity index (χ1n) is 11.7. The minimum absolute atomic E-state index is 0.0831. The lowest BCUT2D eigenvalue weighted by molar-refractivity contribution is -0.384. The summed E-state index contributed by atoms with van der Waals surface area (Å²) in [6.07, 6.45) is 3.35. The van der Waals surface area contributed by atoms with E-state index >= 15 is 0 Å².